The van der Waals surface area contributed by atoms with E-state index in [1.54, 1.807) is 31.2 Å². The number of ether oxygens (including phenoxy) is 5. The number of nitrogens with one attached hydrogen (secondary N) is 1. The van der Waals surface area contributed by atoms with Crippen LogP contribution in [0, 0.1) is 6.92 Å². The largest absolute Gasteiger partial charge is 0.463 e. The predicted molar refractivity (Wildman–Crippen MR) is 135 cm³/mol. The summed E-state index contributed by atoms with van der Waals surface area (Å²) < 4.78 is 27.8. The molecular formula is C26H29ClN2O10. The number of aryl methyl sites for hydroxylation is 1. The van der Waals surface area contributed by atoms with Crippen molar-refractivity contribution in [3.63, 3.8) is 0 Å². The molecule has 12 nitrogen and oxygen atoms in total. The van der Waals surface area contributed by atoms with Crippen LogP contribution in [0.2, 0.25) is 5.02 Å². The standard InChI is InChI=1S/C26H29ClN2O10/c1-12-8-19(28-29-26(12)34)10-18-9-17(6-7-20(18)27)22-24(37-15(4)32)25(38-16(5)33)23(36-14(3)31)21(39-22)11-35-13(2)30/h6-9,21-25H,10-11H2,1-5H3,(H,29,34)/t21-,22+,23-,24+,25+/m1/s1. The van der Waals surface area contributed by atoms with Crippen LogP contribution in [0.15, 0.2) is 29.1 Å². The van der Waals surface area contributed by atoms with E-state index in [4.69, 9.17) is 35.3 Å². The van der Waals surface area contributed by atoms with Crippen LogP contribution in [0.5, 0.6) is 0 Å². The van der Waals surface area contributed by atoms with Crippen LogP contribution in [0.4, 0.5) is 0 Å². The van der Waals surface area contributed by atoms with E-state index in [1.807, 2.05) is 0 Å². The van der Waals surface area contributed by atoms with E-state index >= 15 is 0 Å². The van der Waals surface area contributed by atoms with E-state index < -0.39 is 54.4 Å². The molecule has 1 aliphatic rings. The molecule has 2 heterocycles. The Morgan fingerprint density at radius 1 is 0.923 bits per heavy atom. The number of aromatic nitrogens is 2. The van der Waals surface area contributed by atoms with Gasteiger partial charge in [-0.25, -0.2) is 5.10 Å². The summed E-state index contributed by atoms with van der Waals surface area (Å²) in [6.07, 6.45) is -5.68. The van der Waals surface area contributed by atoms with Gasteiger partial charge in [-0.1, -0.05) is 23.7 Å². The third kappa shape index (κ3) is 7.87. The number of hydrogen-bond acceptors (Lipinski definition) is 11. The maximum Gasteiger partial charge on any atom is 0.303 e. The maximum atomic E-state index is 12.1. The molecule has 5 atom stereocenters. The SMILES string of the molecule is CC(=O)OC[C@H]1O[C@@H](c2ccc(Cl)c(Cc3cc(C)c(=O)[nH]n3)c2)[C@H](OC(C)=O)[C@@H](OC(C)=O)[C@@H]1OC(C)=O. The van der Waals surface area contributed by atoms with E-state index in [9.17, 15) is 24.0 Å². The lowest BCUT2D eigenvalue weighted by atomic mass is 9.89. The van der Waals surface area contributed by atoms with Crippen LogP contribution in [-0.4, -0.2) is 65.1 Å². The highest BCUT2D eigenvalue weighted by molar-refractivity contribution is 6.31. The van der Waals surface area contributed by atoms with Crippen molar-refractivity contribution in [3.8, 4) is 0 Å². The Hall–Kier alpha value is -3.77. The van der Waals surface area contributed by atoms with E-state index in [1.165, 1.54) is 13.8 Å². The molecule has 39 heavy (non-hydrogen) atoms. The average Bonchev–Trinajstić information content (AvgIpc) is 2.83. The second-order valence-corrected chi connectivity index (χ2v) is 9.43. The number of esters is 4. The molecule has 210 valence electrons. The van der Waals surface area contributed by atoms with E-state index in [-0.39, 0.29) is 18.6 Å². The van der Waals surface area contributed by atoms with Crippen molar-refractivity contribution in [2.45, 2.75) is 71.6 Å². The first-order valence-electron chi connectivity index (χ1n) is 12.0. The monoisotopic (exact) mass is 564 g/mol. The lowest BCUT2D eigenvalue weighted by Gasteiger charge is -2.44. The number of carbonyl (C=O) groups excluding carboxylic acids is 4. The summed E-state index contributed by atoms with van der Waals surface area (Å²) in [5.74, 6) is -2.75. The summed E-state index contributed by atoms with van der Waals surface area (Å²) >= 11 is 6.46. The van der Waals surface area contributed by atoms with Crippen molar-refractivity contribution in [3.05, 3.63) is 62.0 Å². The minimum absolute atomic E-state index is 0.246. The smallest absolute Gasteiger partial charge is 0.303 e. The number of halogens is 1. The first-order chi connectivity index (χ1) is 18.3. The maximum absolute atomic E-state index is 12.1. The van der Waals surface area contributed by atoms with Crippen LogP contribution in [0.1, 0.15) is 56.2 Å². The topological polar surface area (TPSA) is 160 Å². The molecule has 0 aliphatic carbocycles. The Kier molecular flexibility index (Phi) is 9.81. The minimum Gasteiger partial charge on any atom is -0.463 e. The minimum atomic E-state index is -1.29. The summed E-state index contributed by atoms with van der Waals surface area (Å²) in [4.78, 5) is 59.4. The Morgan fingerprint density at radius 3 is 2.13 bits per heavy atom. The second-order valence-electron chi connectivity index (χ2n) is 9.02. The van der Waals surface area contributed by atoms with E-state index in [2.05, 4.69) is 10.2 Å². The number of H-pyrrole nitrogens is 1. The van der Waals surface area contributed by atoms with E-state index in [0.717, 1.165) is 13.8 Å². The molecule has 0 unspecified atom stereocenters. The summed E-state index contributed by atoms with van der Waals surface area (Å²) in [7, 11) is 0. The number of nitrogens with zero attached hydrogens (tertiary/aromatic N) is 1. The van der Waals surface area contributed by atoms with Gasteiger partial charge in [0.05, 0.1) is 5.69 Å². The fourth-order valence-corrected chi connectivity index (χ4v) is 4.43. The molecule has 0 bridgehead atoms. The molecule has 0 spiro atoms. The third-order valence-electron chi connectivity index (χ3n) is 5.80. The second kappa shape index (κ2) is 12.9. The van der Waals surface area contributed by atoms with Gasteiger partial charge in [0.25, 0.3) is 5.56 Å². The van der Waals surface area contributed by atoms with Crippen molar-refractivity contribution >= 4 is 35.5 Å². The highest BCUT2D eigenvalue weighted by atomic mass is 35.5. The number of benzene rings is 1. The molecule has 1 saturated heterocycles. The quantitative estimate of drug-likeness (QED) is 0.369. The van der Waals surface area contributed by atoms with Crippen LogP contribution in [0.25, 0.3) is 0 Å². The lowest BCUT2D eigenvalue weighted by Crippen LogP contribution is -2.59. The first kappa shape index (κ1) is 29.8. The summed E-state index contributed by atoms with van der Waals surface area (Å²) in [5, 5.41) is 6.88. The normalized spacial score (nSPS) is 22.5. The number of hydrogen-bond donors (Lipinski definition) is 1. The third-order valence-corrected chi connectivity index (χ3v) is 6.17. The fourth-order valence-electron chi connectivity index (χ4n) is 4.25. The lowest BCUT2D eigenvalue weighted by molar-refractivity contribution is -0.254. The number of carbonyl (C=O) groups is 4. The van der Waals surface area contributed by atoms with Gasteiger partial charge in [0.15, 0.2) is 18.3 Å². The van der Waals surface area contributed by atoms with Crippen LogP contribution in [-0.2, 0) is 49.3 Å². The number of aromatic amines is 1. The Balaban J connectivity index is 2.08. The molecule has 1 aromatic heterocycles. The summed E-state index contributed by atoms with van der Waals surface area (Å²) in [5.41, 5.74) is 1.81. The molecule has 3 rings (SSSR count). The van der Waals surface area contributed by atoms with Crippen molar-refractivity contribution in [1.29, 1.82) is 0 Å². The van der Waals surface area contributed by atoms with Crippen LogP contribution in [0.3, 0.4) is 0 Å². The van der Waals surface area contributed by atoms with Gasteiger partial charge in [-0.3, -0.25) is 24.0 Å². The van der Waals surface area contributed by atoms with Gasteiger partial charge < -0.3 is 23.7 Å². The number of rotatable bonds is 8. The zero-order valence-electron chi connectivity index (χ0n) is 22.0. The molecule has 1 aromatic carbocycles. The van der Waals surface area contributed by atoms with Crippen molar-refractivity contribution in [2.75, 3.05) is 6.61 Å². The van der Waals surface area contributed by atoms with Gasteiger partial charge in [0.2, 0.25) is 0 Å². The summed E-state index contributed by atoms with van der Waals surface area (Å²) in [6.45, 7) is 5.99. The van der Waals surface area contributed by atoms with Crippen LogP contribution < -0.4 is 5.56 Å². The molecule has 0 radical (unpaired) electrons. The van der Waals surface area contributed by atoms with Gasteiger partial charge in [-0.2, -0.15) is 5.10 Å². The van der Waals surface area contributed by atoms with Gasteiger partial charge in [0.1, 0.15) is 18.8 Å². The first-order valence-corrected chi connectivity index (χ1v) is 12.4. The molecule has 1 aliphatic heterocycles. The zero-order valence-corrected chi connectivity index (χ0v) is 22.8. The molecule has 0 amide bonds. The van der Waals surface area contributed by atoms with Gasteiger partial charge in [-0.05, 0) is 30.2 Å². The molecule has 0 saturated carbocycles. The van der Waals surface area contributed by atoms with Crippen LogP contribution >= 0.6 is 11.6 Å². The van der Waals surface area contributed by atoms with Gasteiger partial charge in [0, 0.05) is 44.7 Å². The fraction of sp³-hybridized carbons (Fsp3) is 0.462. The predicted octanol–water partition coefficient (Wildman–Crippen LogP) is 2.12. The van der Waals surface area contributed by atoms with E-state index in [0.29, 0.717) is 27.4 Å². The highest BCUT2D eigenvalue weighted by Gasteiger charge is 2.52. The molecule has 2 aromatic rings. The molecule has 13 heteroatoms. The van der Waals surface area contributed by atoms with Gasteiger partial charge >= 0.3 is 23.9 Å². The molecular weight excluding hydrogens is 536 g/mol. The summed E-state index contributed by atoms with van der Waals surface area (Å²) in [6, 6.07) is 6.58. The Bertz CT molecular complexity index is 1310. The van der Waals surface area contributed by atoms with Crippen molar-refractivity contribution < 1.29 is 42.9 Å². The van der Waals surface area contributed by atoms with Gasteiger partial charge in [-0.15, -0.1) is 0 Å². The Morgan fingerprint density at radius 2 is 1.54 bits per heavy atom. The van der Waals surface area contributed by atoms with Crippen molar-refractivity contribution in [1.82, 2.24) is 10.2 Å². The zero-order chi connectivity index (χ0) is 28.9. The molecule has 1 N–H and O–H groups in total. The molecule has 1 fully saturated rings. The average molecular weight is 565 g/mol. The Labute approximate surface area is 228 Å². The highest BCUT2D eigenvalue weighted by Crippen LogP contribution is 2.38. The van der Waals surface area contributed by atoms with Crippen molar-refractivity contribution in [2.24, 2.45) is 0 Å².